The molecule has 0 spiro atoms. The van der Waals surface area contributed by atoms with Crippen LogP contribution in [0.2, 0.25) is 0 Å². The van der Waals surface area contributed by atoms with Crippen molar-refractivity contribution in [2.75, 3.05) is 19.6 Å². The first-order chi connectivity index (χ1) is 14.1. The van der Waals surface area contributed by atoms with E-state index in [4.69, 9.17) is 0 Å². The number of hydrogen-bond acceptors (Lipinski definition) is 2. The van der Waals surface area contributed by atoms with Crippen LogP contribution in [0.25, 0.3) is 11.1 Å². The summed E-state index contributed by atoms with van der Waals surface area (Å²) in [5.74, 6) is 0.306. The van der Waals surface area contributed by atoms with Gasteiger partial charge in [-0.2, -0.15) is 0 Å². The molecule has 0 radical (unpaired) electrons. The van der Waals surface area contributed by atoms with Gasteiger partial charge in [-0.3, -0.25) is 4.90 Å². The van der Waals surface area contributed by atoms with Gasteiger partial charge in [0.05, 0.1) is 0 Å². The van der Waals surface area contributed by atoms with Gasteiger partial charge in [0.15, 0.2) is 0 Å². The summed E-state index contributed by atoms with van der Waals surface area (Å²) >= 11 is 0. The molecule has 29 heavy (non-hydrogen) atoms. The molecule has 0 aromatic heterocycles. The van der Waals surface area contributed by atoms with Crippen molar-refractivity contribution in [2.24, 2.45) is 0 Å². The summed E-state index contributed by atoms with van der Waals surface area (Å²) in [5.41, 5.74) is 6.57. The summed E-state index contributed by atoms with van der Waals surface area (Å²) in [6.07, 6.45) is 0. The summed E-state index contributed by atoms with van der Waals surface area (Å²) in [7, 11) is 0. The van der Waals surface area contributed by atoms with Crippen LogP contribution in [0.1, 0.15) is 42.5 Å². The fourth-order valence-electron chi connectivity index (χ4n) is 4.28. The summed E-state index contributed by atoms with van der Waals surface area (Å²) in [6.45, 7) is 8.30. The fourth-order valence-corrected chi connectivity index (χ4v) is 4.28. The van der Waals surface area contributed by atoms with Gasteiger partial charge in [0.1, 0.15) is 5.82 Å². The molecule has 0 amide bonds. The molecule has 3 aromatic carbocycles. The van der Waals surface area contributed by atoms with Crippen LogP contribution in [0.15, 0.2) is 72.8 Å². The van der Waals surface area contributed by atoms with E-state index in [1.54, 1.807) is 12.1 Å². The van der Waals surface area contributed by atoms with Gasteiger partial charge >= 0.3 is 0 Å². The van der Waals surface area contributed by atoms with Crippen LogP contribution >= 0.6 is 0 Å². The maximum Gasteiger partial charge on any atom is 0.123 e. The molecule has 150 valence electrons. The van der Waals surface area contributed by atoms with Crippen molar-refractivity contribution in [1.82, 2.24) is 10.2 Å². The summed E-state index contributed by atoms with van der Waals surface area (Å²) in [6, 6.07) is 24.6. The average Bonchev–Trinajstić information content (AvgIpc) is 2.75. The Labute approximate surface area is 173 Å². The summed E-state index contributed by atoms with van der Waals surface area (Å²) in [4.78, 5) is 2.50. The predicted molar refractivity (Wildman–Crippen MR) is 118 cm³/mol. The number of piperazine rings is 1. The third-order valence-corrected chi connectivity index (χ3v) is 5.82. The highest BCUT2D eigenvalue weighted by molar-refractivity contribution is 5.71. The summed E-state index contributed by atoms with van der Waals surface area (Å²) in [5, 5.41) is 3.58. The van der Waals surface area contributed by atoms with Gasteiger partial charge in [-0.25, -0.2) is 4.39 Å². The van der Waals surface area contributed by atoms with Crippen molar-refractivity contribution in [3.05, 3.63) is 95.3 Å². The predicted octanol–water partition coefficient (Wildman–Crippen LogP) is 5.76. The first kappa shape index (κ1) is 19.8. The Bertz CT molecular complexity index is 949. The smallest absolute Gasteiger partial charge is 0.123 e. The monoisotopic (exact) mass is 388 g/mol. The number of nitrogens with zero attached hydrogens (tertiary/aromatic N) is 1. The lowest BCUT2D eigenvalue weighted by Gasteiger charge is -2.34. The summed E-state index contributed by atoms with van der Waals surface area (Å²) < 4.78 is 13.3. The zero-order valence-electron chi connectivity index (χ0n) is 17.2. The van der Waals surface area contributed by atoms with Gasteiger partial charge in [-0.05, 0) is 45.9 Å². The minimum atomic E-state index is -0.181. The highest BCUT2D eigenvalue weighted by atomic mass is 19.1. The lowest BCUT2D eigenvalue weighted by atomic mass is 9.90. The van der Waals surface area contributed by atoms with Crippen molar-refractivity contribution < 1.29 is 4.39 Å². The van der Waals surface area contributed by atoms with Gasteiger partial charge in [-0.15, -0.1) is 0 Å². The molecule has 3 aromatic rings. The Morgan fingerprint density at radius 3 is 2.38 bits per heavy atom. The van der Waals surface area contributed by atoms with Gasteiger partial charge in [0.25, 0.3) is 0 Å². The molecule has 0 aliphatic carbocycles. The van der Waals surface area contributed by atoms with Crippen LogP contribution in [-0.2, 0) is 6.54 Å². The second-order valence-electron chi connectivity index (χ2n) is 8.19. The molecular weight excluding hydrogens is 359 g/mol. The molecule has 0 bridgehead atoms. The third-order valence-electron chi connectivity index (χ3n) is 5.82. The van der Waals surface area contributed by atoms with Gasteiger partial charge in [0, 0.05) is 32.2 Å². The number of benzene rings is 3. The molecule has 1 fully saturated rings. The quantitative estimate of drug-likeness (QED) is 0.597. The first-order valence-corrected chi connectivity index (χ1v) is 10.5. The van der Waals surface area contributed by atoms with E-state index < -0.39 is 0 Å². The molecule has 4 rings (SSSR count). The van der Waals surface area contributed by atoms with Crippen LogP contribution in [0.3, 0.4) is 0 Å². The molecule has 0 unspecified atom stereocenters. The van der Waals surface area contributed by atoms with Crippen molar-refractivity contribution >= 4 is 0 Å². The lowest BCUT2D eigenvalue weighted by molar-refractivity contribution is 0.193. The van der Waals surface area contributed by atoms with Crippen LogP contribution < -0.4 is 5.32 Å². The fraction of sp³-hybridized carbons (Fsp3) is 0.308. The molecule has 3 heteroatoms. The third kappa shape index (κ3) is 4.58. The average molecular weight is 389 g/mol. The SMILES string of the molecule is CC(C)c1ccccc1-c1ccccc1CN1CCN[C@H](c2ccc(F)cc2)C1. The topological polar surface area (TPSA) is 15.3 Å². The standard InChI is InChI=1S/C26H29FN2/c1-19(2)23-8-5-6-10-25(23)24-9-4-3-7-21(24)17-29-16-15-28-26(18-29)20-11-13-22(27)14-12-20/h3-14,19,26,28H,15-18H2,1-2H3/t26-/m0/s1. The molecule has 0 saturated carbocycles. The molecule has 1 aliphatic heterocycles. The van der Waals surface area contributed by atoms with E-state index in [-0.39, 0.29) is 11.9 Å². The molecule has 1 N–H and O–H groups in total. The van der Waals surface area contributed by atoms with Crippen molar-refractivity contribution in [2.45, 2.75) is 32.4 Å². The van der Waals surface area contributed by atoms with E-state index >= 15 is 0 Å². The second-order valence-corrected chi connectivity index (χ2v) is 8.19. The van der Waals surface area contributed by atoms with Crippen molar-refractivity contribution in [3.63, 3.8) is 0 Å². The normalized spacial score (nSPS) is 17.6. The molecule has 1 aliphatic rings. The Kier molecular flexibility index (Phi) is 6.08. The Morgan fingerprint density at radius 1 is 0.931 bits per heavy atom. The largest absolute Gasteiger partial charge is 0.308 e. The first-order valence-electron chi connectivity index (χ1n) is 10.5. The minimum Gasteiger partial charge on any atom is -0.308 e. The minimum absolute atomic E-state index is 0.181. The van der Waals surface area contributed by atoms with Gasteiger partial charge < -0.3 is 5.32 Å². The highest BCUT2D eigenvalue weighted by Crippen LogP contribution is 2.32. The Morgan fingerprint density at radius 2 is 1.62 bits per heavy atom. The number of rotatable bonds is 5. The van der Waals surface area contributed by atoms with E-state index in [1.165, 1.54) is 22.3 Å². The van der Waals surface area contributed by atoms with Crippen LogP contribution in [0, 0.1) is 5.82 Å². The Balaban J connectivity index is 1.57. The van der Waals surface area contributed by atoms with Gasteiger partial charge in [-0.1, -0.05) is 74.5 Å². The zero-order chi connectivity index (χ0) is 20.2. The van der Waals surface area contributed by atoms with Crippen LogP contribution in [0.4, 0.5) is 4.39 Å². The molecule has 1 atom stereocenters. The highest BCUT2D eigenvalue weighted by Gasteiger charge is 2.22. The van der Waals surface area contributed by atoms with Crippen LogP contribution in [-0.4, -0.2) is 24.5 Å². The Hall–Kier alpha value is -2.49. The molecule has 2 nitrogen and oxygen atoms in total. The van der Waals surface area contributed by atoms with E-state index in [0.29, 0.717) is 5.92 Å². The lowest BCUT2D eigenvalue weighted by Crippen LogP contribution is -2.45. The van der Waals surface area contributed by atoms with E-state index in [2.05, 4.69) is 72.6 Å². The number of halogens is 1. The molecule has 1 heterocycles. The van der Waals surface area contributed by atoms with Crippen molar-refractivity contribution in [3.8, 4) is 11.1 Å². The molecular formula is C26H29FN2. The van der Waals surface area contributed by atoms with Crippen LogP contribution in [0.5, 0.6) is 0 Å². The number of nitrogens with one attached hydrogen (secondary N) is 1. The van der Waals surface area contributed by atoms with E-state index in [0.717, 1.165) is 31.7 Å². The zero-order valence-corrected chi connectivity index (χ0v) is 17.2. The number of hydrogen-bond donors (Lipinski definition) is 1. The van der Waals surface area contributed by atoms with Gasteiger partial charge in [0.2, 0.25) is 0 Å². The van der Waals surface area contributed by atoms with E-state index in [9.17, 15) is 4.39 Å². The second kappa shape index (κ2) is 8.89. The molecule has 1 saturated heterocycles. The van der Waals surface area contributed by atoms with Crippen molar-refractivity contribution in [1.29, 1.82) is 0 Å². The van der Waals surface area contributed by atoms with E-state index in [1.807, 2.05) is 12.1 Å². The maximum atomic E-state index is 13.3. The maximum absolute atomic E-state index is 13.3.